The zero-order valence-corrected chi connectivity index (χ0v) is 22.7. The number of nitrogens with one attached hydrogen (secondary N) is 1. The molecule has 1 N–H and O–H groups in total. The van der Waals surface area contributed by atoms with Crippen LogP contribution in [0.15, 0.2) is 103 Å². The van der Waals surface area contributed by atoms with Gasteiger partial charge in [-0.05, 0) is 47.9 Å². The molecule has 0 unspecified atom stereocenters. The highest BCUT2D eigenvalue weighted by molar-refractivity contribution is 6.18. The maximum Gasteiger partial charge on any atom is 0.238 e. The van der Waals surface area contributed by atoms with Gasteiger partial charge < -0.3 is 15.0 Å². The fourth-order valence-electron chi connectivity index (χ4n) is 7.00. The normalized spacial score (nSPS) is 23.5. The summed E-state index contributed by atoms with van der Waals surface area (Å²) in [6, 6.07) is 28.1. The highest BCUT2D eigenvalue weighted by Crippen LogP contribution is 2.58. The lowest BCUT2D eigenvalue weighted by Crippen LogP contribution is -2.51. The Bertz CT molecular complexity index is 1760. The molecule has 1 spiro atoms. The third-order valence-corrected chi connectivity index (χ3v) is 8.75. The lowest BCUT2D eigenvalue weighted by molar-refractivity contribution is -0.121. The van der Waals surface area contributed by atoms with Crippen LogP contribution in [0.4, 0.5) is 11.4 Å². The van der Waals surface area contributed by atoms with E-state index in [1.54, 1.807) is 43.5 Å². The third-order valence-electron chi connectivity index (χ3n) is 8.75. The molecular weight excluding hydrogens is 512 g/mol. The average molecular weight is 541 g/mol. The molecule has 3 aliphatic rings. The second kappa shape index (κ2) is 9.30. The summed E-state index contributed by atoms with van der Waals surface area (Å²) < 4.78 is 5.44. The molecule has 41 heavy (non-hydrogen) atoms. The average Bonchev–Trinajstić information content (AvgIpc) is 3.49. The van der Waals surface area contributed by atoms with Gasteiger partial charge in [0.05, 0.1) is 19.1 Å². The number of nitrogens with zero attached hydrogens (tertiary/aromatic N) is 1. The minimum absolute atomic E-state index is 0.200. The molecule has 6 nitrogen and oxygen atoms in total. The van der Waals surface area contributed by atoms with Gasteiger partial charge in [0.15, 0.2) is 11.6 Å². The first-order chi connectivity index (χ1) is 19.9. The molecule has 1 saturated heterocycles. The number of carbonyl (C=O) groups is 3. The van der Waals surface area contributed by atoms with Gasteiger partial charge in [-0.2, -0.15) is 0 Å². The van der Waals surface area contributed by atoms with Crippen LogP contribution in [0.25, 0.3) is 6.08 Å². The molecule has 3 aliphatic heterocycles. The van der Waals surface area contributed by atoms with Crippen LogP contribution in [-0.2, 0) is 10.2 Å². The smallest absolute Gasteiger partial charge is 0.238 e. The van der Waals surface area contributed by atoms with Gasteiger partial charge in [-0.15, -0.1) is 0 Å². The van der Waals surface area contributed by atoms with Gasteiger partial charge in [-0.25, -0.2) is 0 Å². The first-order valence-electron chi connectivity index (χ1n) is 13.7. The minimum Gasteiger partial charge on any atom is -0.497 e. The fraction of sp³-hybridized carbons (Fsp3) is 0.171. The standard InChI is InChI=1S/C35H28N2O4/c1-21-15-16-22-17-18-29-35(26-13-6-7-14-27(26)36-34(35)40)30(32(38)24-11-8-12-25(20-24)41-2)31(37(29)28(22)19-21)33(39)23-9-4-3-5-10-23/h3-20,29-31H,1-2H3,(H,36,40)/t29-,30+,31+,35-/m1/s1. The first-order valence-corrected chi connectivity index (χ1v) is 13.7. The number of ether oxygens (including phenoxy) is 1. The van der Waals surface area contributed by atoms with Crippen LogP contribution in [0.3, 0.4) is 0 Å². The lowest BCUT2D eigenvalue weighted by Gasteiger charge is -2.37. The number of benzene rings is 4. The van der Waals surface area contributed by atoms with Crippen molar-refractivity contribution in [3.05, 3.63) is 131 Å². The number of carbonyl (C=O) groups excluding carboxylic acids is 3. The lowest BCUT2D eigenvalue weighted by atomic mass is 9.64. The topological polar surface area (TPSA) is 75.7 Å². The van der Waals surface area contributed by atoms with Crippen molar-refractivity contribution in [1.29, 1.82) is 0 Å². The first kappa shape index (κ1) is 25.0. The second-order valence-electron chi connectivity index (χ2n) is 10.9. The molecule has 4 aromatic rings. The Hall–Kier alpha value is -4.97. The summed E-state index contributed by atoms with van der Waals surface area (Å²) >= 11 is 0. The fourth-order valence-corrected chi connectivity index (χ4v) is 7.00. The number of anilines is 2. The quantitative estimate of drug-likeness (QED) is 0.321. The van der Waals surface area contributed by atoms with Gasteiger partial charge in [-0.3, -0.25) is 14.4 Å². The molecular formula is C35H28N2O4. The van der Waals surface area contributed by atoms with Crippen LogP contribution in [0.1, 0.15) is 37.4 Å². The van der Waals surface area contributed by atoms with Crippen molar-refractivity contribution in [3.8, 4) is 5.75 Å². The molecule has 1 fully saturated rings. The molecule has 0 aromatic heterocycles. The Kier molecular flexibility index (Phi) is 5.68. The number of aryl methyl sites for hydroxylation is 1. The van der Waals surface area contributed by atoms with E-state index in [9.17, 15) is 14.4 Å². The van der Waals surface area contributed by atoms with Crippen LogP contribution < -0.4 is 15.0 Å². The molecule has 0 radical (unpaired) electrons. The number of methoxy groups -OCH3 is 1. The molecule has 7 rings (SSSR count). The van der Waals surface area contributed by atoms with E-state index in [4.69, 9.17) is 4.74 Å². The third kappa shape index (κ3) is 3.53. The number of hydrogen-bond donors (Lipinski definition) is 1. The monoisotopic (exact) mass is 540 g/mol. The van der Waals surface area contributed by atoms with Gasteiger partial charge in [0.1, 0.15) is 17.2 Å². The van der Waals surface area contributed by atoms with Crippen LogP contribution >= 0.6 is 0 Å². The SMILES string of the molecule is COc1cccc(C(=O)[C@@H]2[C@@H](C(=O)c3ccccc3)N3c4cc(C)ccc4C=C[C@@H]3[C@@]23C(=O)Nc2ccccc23)c1. The number of Topliss-reactive ketones (excluding diaryl/α,β-unsaturated/α-hetero) is 2. The van der Waals surface area contributed by atoms with E-state index in [2.05, 4.69) is 5.32 Å². The van der Waals surface area contributed by atoms with Crippen molar-refractivity contribution in [1.82, 2.24) is 0 Å². The molecule has 4 aromatic carbocycles. The summed E-state index contributed by atoms with van der Waals surface area (Å²) in [7, 11) is 1.55. The number of rotatable bonds is 5. The summed E-state index contributed by atoms with van der Waals surface area (Å²) in [5.41, 5.74) is 3.73. The van der Waals surface area contributed by atoms with Crippen LogP contribution in [0, 0.1) is 12.8 Å². The van der Waals surface area contributed by atoms with Gasteiger partial charge >= 0.3 is 0 Å². The Morgan fingerprint density at radius 3 is 2.41 bits per heavy atom. The van der Waals surface area contributed by atoms with Crippen molar-refractivity contribution >= 4 is 34.9 Å². The Morgan fingerprint density at radius 2 is 1.61 bits per heavy atom. The molecule has 0 bridgehead atoms. The van der Waals surface area contributed by atoms with Crippen molar-refractivity contribution in [3.63, 3.8) is 0 Å². The van der Waals surface area contributed by atoms with Crippen molar-refractivity contribution in [2.45, 2.75) is 24.4 Å². The van der Waals surface area contributed by atoms with Gasteiger partial charge in [0, 0.05) is 22.5 Å². The molecule has 3 heterocycles. The zero-order valence-electron chi connectivity index (χ0n) is 22.7. The van der Waals surface area contributed by atoms with E-state index in [0.717, 1.165) is 22.4 Å². The molecule has 4 atom stereocenters. The van der Waals surface area contributed by atoms with Crippen molar-refractivity contribution in [2.75, 3.05) is 17.3 Å². The Morgan fingerprint density at radius 1 is 0.854 bits per heavy atom. The Labute approximate surface area is 238 Å². The molecule has 202 valence electrons. The molecule has 1 amide bonds. The number of ketones is 2. The van der Waals surface area contributed by atoms with E-state index >= 15 is 0 Å². The van der Waals surface area contributed by atoms with Gasteiger partial charge in [0.25, 0.3) is 0 Å². The largest absolute Gasteiger partial charge is 0.497 e. The highest BCUT2D eigenvalue weighted by atomic mass is 16.5. The van der Waals surface area contributed by atoms with E-state index in [1.165, 1.54) is 0 Å². The number of para-hydroxylation sites is 1. The van der Waals surface area contributed by atoms with Gasteiger partial charge in [0.2, 0.25) is 5.91 Å². The van der Waals surface area contributed by atoms with Gasteiger partial charge in [-0.1, -0.05) is 84.9 Å². The second-order valence-corrected chi connectivity index (χ2v) is 10.9. The van der Waals surface area contributed by atoms with E-state index in [0.29, 0.717) is 22.6 Å². The van der Waals surface area contributed by atoms with Crippen LogP contribution in [0.2, 0.25) is 0 Å². The Balaban J connectivity index is 1.55. The van der Waals surface area contributed by atoms with Crippen molar-refractivity contribution < 1.29 is 19.1 Å². The van der Waals surface area contributed by atoms with E-state index in [1.807, 2.05) is 84.6 Å². The summed E-state index contributed by atoms with van der Waals surface area (Å²) in [5, 5.41) is 3.07. The summed E-state index contributed by atoms with van der Waals surface area (Å²) in [6.45, 7) is 2.00. The predicted octanol–water partition coefficient (Wildman–Crippen LogP) is 5.86. The highest BCUT2D eigenvalue weighted by Gasteiger charge is 2.70. The van der Waals surface area contributed by atoms with Crippen molar-refractivity contribution in [2.24, 2.45) is 5.92 Å². The molecule has 0 aliphatic carbocycles. The molecule has 0 saturated carbocycles. The predicted molar refractivity (Wildman–Crippen MR) is 159 cm³/mol. The zero-order chi connectivity index (χ0) is 28.3. The maximum absolute atomic E-state index is 14.9. The van der Waals surface area contributed by atoms with E-state index in [-0.39, 0.29) is 17.5 Å². The van der Waals surface area contributed by atoms with E-state index < -0.39 is 23.4 Å². The number of hydrogen-bond acceptors (Lipinski definition) is 5. The molecule has 6 heteroatoms. The number of amides is 1. The van der Waals surface area contributed by atoms with Crippen LogP contribution in [-0.4, -0.2) is 36.7 Å². The number of fused-ring (bicyclic) bond motifs is 6. The summed E-state index contributed by atoms with van der Waals surface area (Å²) in [4.78, 5) is 45.9. The summed E-state index contributed by atoms with van der Waals surface area (Å²) in [5.74, 6) is -1.24. The summed E-state index contributed by atoms with van der Waals surface area (Å²) in [6.07, 6.45) is 4.00. The minimum atomic E-state index is -1.34. The maximum atomic E-state index is 14.9. The van der Waals surface area contributed by atoms with Crippen LogP contribution in [0.5, 0.6) is 5.75 Å².